The molecule has 0 saturated carbocycles. The average molecular weight is 362 g/mol. The molecule has 0 spiro atoms. The fourth-order valence-electron chi connectivity index (χ4n) is 2.32. The fourth-order valence-corrected chi connectivity index (χ4v) is 2.68. The molecule has 0 fully saturated rings. The van der Waals surface area contributed by atoms with Crippen LogP contribution in [0.4, 0.5) is 5.69 Å². The van der Waals surface area contributed by atoms with Crippen LogP contribution in [0.3, 0.4) is 0 Å². The summed E-state index contributed by atoms with van der Waals surface area (Å²) in [7, 11) is 0. The maximum absolute atomic E-state index is 5.67. The van der Waals surface area contributed by atoms with Gasteiger partial charge in [0.2, 0.25) is 0 Å². The van der Waals surface area contributed by atoms with Crippen LogP contribution in [0.25, 0.3) is 0 Å². The van der Waals surface area contributed by atoms with Gasteiger partial charge in [-0.2, -0.15) is 5.10 Å². The number of ether oxygens (including phenoxy) is 2. The highest BCUT2D eigenvalue weighted by Gasteiger charge is 2.08. The van der Waals surface area contributed by atoms with E-state index in [0.29, 0.717) is 24.9 Å². The van der Waals surface area contributed by atoms with Crippen molar-refractivity contribution in [3.05, 3.63) is 36.2 Å². The van der Waals surface area contributed by atoms with Crippen molar-refractivity contribution in [3.8, 4) is 11.5 Å². The van der Waals surface area contributed by atoms with E-state index in [-0.39, 0.29) is 6.04 Å². The smallest absolute Gasteiger partial charge is 0.171 e. The number of rotatable bonds is 8. The number of hydrogen-bond donors (Lipinski definition) is 2. The van der Waals surface area contributed by atoms with Crippen LogP contribution in [-0.4, -0.2) is 34.1 Å². The van der Waals surface area contributed by atoms with Crippen LogP contribution in [0.5, 0.6) is 11.5 Å². The summed E-state index contributed by atoms with van der Waals surface area (Å²) in [4.78, 5) is 0. The second-order valence-corrected chi connectivity index (χ2v) is 6.24. The van der Waals surface area contributed by atoms with Crippen LogP contribution >= 0.6 is 12.2 Å². The normalized spacial score (nSPS) is 10.6. The first-order valence-electron chi connectivity index (χ1n) is 8.50. The zero-order chi connectivity index (χ0) is 18.2. The molecule has 136 valence electrons. The Kier molecular flexibility index (Phi) is 7.06. The van der Waals surface area contributed by atoms with Gasteiger partial charge in [-0.1, -0.05) is 6.07 Å². The van der Waals surface area contributed by atoms with Crippen LogP contribution < -0.4 is 20.1 Å². The first kappa shape index (κ1) is 19.1. The Bertz CT molecular complexity index is 700. The van der Waals surface area contributed by atoms with Crippen LogP contribution in [0.1, 0.15) is 33.3 Å². The first-order valence-corrected chi connectivity index (χ1v) is 8.91. The first-order chi connectivity index (χ1) is 12.0. The van der Waals surface area contributed by atoms with Crippen LogP contribution in [0, 0.1) is 0 Å². The van der Waals surface area contributed by atoms with Crippen molar-refractivity contribution in [3.63, 3.8) is 0 Å². The van der Waals surface area contributed by atoms with E-state index < -0.39 is 0 Å². The molecule has 0 unspecified atom stereocenters. The zero-order valence-corrected chi connectivity index (χ0v) is 16.0. The van der Waals surface area contributed by atoms with Gasteiger partial charge in [-0.15, -0.1) is 0 Å². The zero-order valence-electron chi connectivity index (χ0n) is 15.2. The van der Waals surface area contributed by atoms with E-state index in [2.05, 4.69) is 15.7 Å². The molecule has 2 N–H and O–H groups in total. The molecule has 0 aliphatic carbocycles. The molecule has 2 aromatic rings. The fraction of sp³-hybridized carbons (Fsp3) is 0.444. The Morgan fingerprint density at radius 2 is 1.92 bits per heavy atom. The summed E-state index contributed by atoms with van der Waals surface area (Å²) in [6.45, 7) is 9.84. The topological polar surface area (TPSA) is 60.3 Å². The maximum Gasteiger partial charge on any atom is 0.171 e. The second kappa shape index (κ2) is 9.27. The predicted molar refractivity (Wildman–Crippen MR) is 105 cm³/mol. The third-order valence-electron chi connectivity index (χ3n) is 3.26. The highest BCUT2D eigenvalue weighted by Crippen LogP contribution is 2.28. The molecule has 0 aliphatic rings. The Hall–Kier alpha value is -2.28. The van der Waals surface area contributed by atoms with Gasteiger partial charge in [0.05, 0.1) is 31.6 Å². The SMILES string of the molecule is CCOc1ccc(Cn2cc(NC(=S)NC(C)C)cn2)cc1OCC. The molecule has 7 heteroatoms. The van der Waals surface area contributed by atoms with Gasteiger partial charge >= 0.3 is 0 Å². The number of benzene rings is 1. The summed E-state index contributed by atoms with van der Waals surface area (Å²) in [6.07, 6.45) is 3.68. The molecule has 1 aromatic carbocycles. The summed E-state index contributed by atoms with van der Waals surface area (Å²) >= 11 is 5.25. The molecule has 6 nitrogen and oxygen atoms in total. The molecule has 0 bridgehead atoms. The molecule has 25 heavy (non-hydrogen) atoms. The van der Waals surface area contributed by atoms with Gasteiger partial charge in [0.25, 0.3) is 0 Å². The molecule has 0 aliphatic heterocycles. The number of anilines is 1. The Balaban J connectivity index is 2.04. The Labute approximate surface area is 154 Å². The number of hydrogen-bond acceptors (Lipinski definition) is 4. The summed E-state index contributed by atoms with van der Waals surface area (Å²) in [5, 5.41) is 11.2. The van der Waals surface area contributed by atoms with Gasteiger partial charge in [0, 0.05) is 12.2 Å². The lowest BCUT2D eigenvalue weighted by atomic mass is 10.2. The molecule has 0 atom stereocenters. The van der Waals surface area contributed by atoms with Crippen LogP contribution in [0.2, 0.25) is 0 Å². The molecule has 0 amide bonds. The van der Waals surface area contributed by atoms with E-state index in [0.717, 1.165) is 22.7 Å². The standard InChI is InChI=1S/C18H26N4O2S/c1-5-23-16-8-7-14(9-17(16)24-6-2)11-22-12-15(10-19-22)21-18(25)20-13(3)4/h7-10,12-13H,5-6,11H2,1-4H3,(H2,20,21,25). The minimum absolute atomic E-state index is 0.288. The summed E-state index contributed by atoms with van der Waals surface area (Å²) in [5.41, 5.74) is 1.94. The van der Waals surface area contributed by atoms with Gasteiger partial charge in [0.15, 0.2) is 16.6 Å². The van der Waals surface area contributed by atoms with E-state index in [9.17, 15) is 0 Å². The van der Waals surface area contributed by atoms with Crippen LogP contribution in [-0.2, 0) is 6.54 Å². The lowest BCUT2D eigenvalue weighted by Crippen LogP contribution is -2.33. The number of nitrogens with one attached hydrogen (secondary N) is 2. The Morgan fingerprint density at radius 1 is 1.20 bits per heavy atom. The third kappa shape index (κ3) is 5.94. The van der Waals surface area contributed by atoms with Gasteiger partial charge in [-0.05, 0) is 57.6 Å². The van der Waals surface area contributed by atoms with E-state index in [4.69, 9.17) is 21.7 Å². The van der Waals surface area contributed by atoms with E-state index >= 15 is 0 Å². The predicted octanol–water partition coefficient (Wildman–Crippen LogP) is 3.42. The summed E-state index contributed by atoms with van der Waals surface area (Å²) in [5.74, 6) is 1.52. The number of aromatic nitrogens is 2. The number of thiocarbonyl (C=S) groups is 1. The third-order valence-corrected chi connectivity index (χ3v) is 3.48. The maximum atomic E-state index is 5.67. The van der Waals surface area contributed by atoms with Crippen molar-refractivity contribution in [2.75, 3.05) is 18.5 Å². The highest BCUT2D eigenvalue weighted by molar-refractivity contribution is 7.80. The minimum Gasteiger partial charge on any atom is -0.490 e. The van der Waals surface area contributed by atoms with Crippen LogP contribution in [0.15, 0.2) is 30.6 Å². The van der Waals surface area contributed by atoms with Crippen molar-refractivity contribution in [1.29, 1.82) is 0 Å². The van der Waals surface area contributed by atoms with Crippen molar-refractivity contribution in [2.45, 2.75) is 40.3 Å². The molecular formula is C18H26N4O2S. The molecule has 0 radical (unpaired) electrons. The van der Waals surface area contributed by atoms with E-state index in [1.807, 2.05) is 56.8 Å². The highest BCUT2D eigenvalue weighted by atomic mass is 32.1. The van der Waals surface area contributed by atoms with E-state index in [1.165, 1.54) is 0 Å². The molecule has 0 saturated heterocycles. The average Bonchev–Trinajstić information content (AvgIpc) is 2.96. The monoisotopic (exact) mass is 362 g/mol. The molecular weight excluding hydrogens is 336 g/mol. The summed E-state index contributed by atoms with van der Waals surface area (Å²) in [6, 6.07) is 6.24. The van der Waals surface area contributed by atoms with Crippen molar-refractivity contribution in [2.24, 2.45) is 0 Å². The second-order valence-electron chi connectivity index (χ2n) is 5.83. The van der Waals surface area contributed by atoms with Gasteiger partial charge in [-0.3, -0.25) is 4.68 Å². The molecule has 1 heterocycles. The minimum atomic E-state index is 0.288. The summed E-state index contributed by atoms with van der Waals surface area (Å²) < 4.78 is 13.1. The van der Waals surface area contributed by atoms with Gasteiger partial charge in [-0.25, -0.2) is 0 Å². The van der Waals surface area contributed by atoms with Crippen molar-refractivity contribution >= 4 is 23.0 Å². The lowest BCUT2D eigenvalue weighted by molar-refractivity contribution is 0.287. The quantitative estimate of drug-likeness (QED) is 0.702. The van der Waals surface area contributed by atoms with Gasteiger partial charge in [0.1, 0.15) is 0 Å². The molecule has 1 aromatic heterocycles. The van der Waals surface area contributed by atoms with Gasteiger partial charge < -0.3 is 20.1 Å². The van der Waals surface area contributed by atoms with E-state index in [1.54, 1.807) is 6.20 Å². The van der Waals surface area contributed by atoms with Crippen molar-refractivity contribution < 1.29 is 9.47 Å². The lowest BCUT2D eigenvalue weighted by Gasteiger charge is -2.12. The molecule has 2 rings (SSSR count). The number of nitrogens with zero attached hydrogens (tertiary/aromatic N) is 2. The largest absolute Gasteiger partial charge is 0.490 e. The van der Waals surface area contributed by atoms with Crippen molar-refractivity contribution in [1.82, 2.24) is 15.1 Å². The Morgan fingerprint density at radius 3 is 2.60 bits per heavy atom.